The van der Waals surface area contributed by atoms with Gasteiger partial charge >= 0.3 is 0 Å². The van der Waals surface area contributed by atoms with Gasteiger partial charge in [0.25, 0.3) is 0 Å². The van der Waals surface area contributed by atoms with Crippen LogP contribution < -0.4 is 5.32 Å². The number of carbonyl (C=O) groups excluding carboxylic acids is 1. The van der Waals surface area contributed by atoms with Gasteiger partial charge in [0.1, 0.15) is 0 Å². The van der Waals surface area contributed by atoms with Crippen molar-refractivity contribution in [2.75, 3.05) is 5.75 Å². The average Bonchev–Trinajstić information content (AvgIpc) is 2.40. The molecule has 0 unspecified atom stereocenters. The molecule has 98 valence electrons. The molecule has 0 radical (unpaired) electrons. The molecule has 1 aliphatic carbocycles. The monoisotopic (exact) mass is 264 g/mol. The number of aromatic nitrogens is 1. The summed E-state index contributed by atoms with van der Waals surface area (Å²) in [6, 6.07) is 6.13. The van der Waals surface area contributed by atoms with Crippen LogP contribution in [0, 0.1) is 5.92 Å². The van der Waals surface area contributed by atoms with Crippen molar-refractivity contribution in [1.82, 2.24) is 10.3 Å². The summed E-state index contributed by atoms with van der Waals surface area (Å²) in [5.74, 6) is 1.20. The van der Waals surface area contributed by atoms with Crippen molar-refractivity contribution in [2.45, 2.75) is 43.7 Å². The van der Waals surface area contributed by atoms with Gasteiger partial charge in [0.05, 0.1) is 10.8 Å². The lowest BCUT2D eigenvalue weighted by Crippen LogP contribution is -2.41. The second-order valence-corrected chi connectivity index (χ2v) is 5.89. The first-order valence-corrected chi connectivity index (χ1v) is 7.57. The van der Waals surface area contributed by atoms with Gasteiger partial charge in [-0.2, -0.15) is 0 Å². The van der Waals surface area contributed by atoms with Gasteiger partial charge in [0, 0.05) is 12.2 Å². The van der Waals surface area contributed by atoms with E-state index in [1.54, 1.807) is 6.20 Å². The molecule has 0 aliphatic heterocycles. The first-order valence-electron chi connectivity index (χ1n) is 6.59. The molecule has 0 aromatic carbocycles. The van der Waals surface area contributed by atoms with Gasteiger partial charge in [-0.15, -0.1) is 0 Å². The molecule has 3 nitrogen and oxygen atoms in total. The maximum Gasteiger partial charge on any atom is 0.230 e. The minimum absolute atomic E-state index is 0.129. The van der Waals surface area contributed by atoms with Gasteiger partial charge in [0.2, 0.25) is 5.91 Å². The molecular formula is C14H20N2OS. The van der Waals surface area contributed by atoms with Crippen LogP contribution >= 0.6 is 11.8 Å². The SMILES string of the molecule is C[C@@H]1CCCC[C@H]1NC(=O)CSc1ccccn1. The second kappa shape index (κ2) is 6.78. The molecule has 1 amide bonds. The Kier molecular flexibility index (Phi) is 5.05. The van der Waals surface area contributed by atoms with Crippen molar-refractivity contribution in [3.8, 4) is 0 Å². The van der Waals surface area contributed by atoms with Gasteiger partial charge in [-0.05, 0) is 30.9 Å². The van der Waals surface area contributed by atoms with Gasteiger partial charge < -0.3 is 5.32 Å². The highest BCUT2D eigenvalue weighted by molar-refractivity contribution is 7.99. The standard InChI is InChI=1S/C14H20N2OS/c1-11-6-2-3-7-12(11)16-13(17)10-18-14-8-4-5-9-15-14/h4-5,8-9,11-12H,2-3,6-7,10H2,1H3,(H,16,17)/t11-,12-/m1/s1. The fourth-order valence-electron chi connectivity index (χ4n) is 2.35. The normalized spacial score (nSPS) is 23.6. The number of nitrogens with one attached hydrogen (secondary N) is 1. The van der Waals surface area contributed by atoms with Crippen LogP contribution in [-0.2, 0) is 4.79 Å². The summed E-state index contributed by atoms with van der Waals surface area (Å²) < 4.78 is 0. The van der Waals surface area contributed by atoms with Crippen molar-refractivity contribution in [1.29, 1.82) is 0 Å². The van der Waals surface area contributed by atoms with E-state index in [1.807, 2.05) is 18.2 Å². The lowest BCUT2D eigenvalue weighted by atomic mass is 9.86. The number of amides is 1. The number of pyridine rings is 1. The van der Waals surface area contributed by atoms with Crippen LogP contribution in [0.5, 0.6) is 0 Å². The molecule has 0 bridgehead atoms. The summed E-state index contributed by atoms with van der Waals surface area (Å²) in [5, 5.41) is 4.06. The number of carbonyl (C=O) groups is 1. The van der Waals surface area contributed by atoms with Crippen LogP contribution in [0.3, 0.4) is 0 Å². The van der Waals surface area contributed by atoms with E-state index in [0.29, 0.717) is 17.7 Å². The predicted octanol–water partition coefficient (Wildman–Crippen LogP) is 2.87. The minimum atomic E-state index is 0.129. The Balaban J connectivity index is 1.75. The molecule has 4 heteroatoms. The smallest absolute Gasteiger partial charge is 0.230 e. The summed E-state index contributed by atoms with van der Waals surface area (Å²) in [7, 11) is 0. The van der Waals surface area contributed by atoms with Crippen LogP contribution in [0.2, 0.25) is 0 Å². The number of thioether (sulfide) groups is 1. The van der Waals surface area contributed by atoms with E-state index in [9.17, 15) is 4.79 Å². The van der Waals surface area contributed by atoms with E-state index in [2.05, 4.69) is 17.2 Å². The average molecular weight is 264 g/mol. The van der Waals surface area contributed by atoms with Crippen LogP contribution in [0.15, 0.2) is 29.4 Å². The van der Waals surface area contributed by atoms with E-state index in [0.717, 1.165) is 11.4 Å². The highest BCUT2D eigenvalue weighted by Crippen LogP contribution is 2.24. The maximum atomic E-state index is 11.9. The highest BCUT2D eigenvalue weighted by Gasteiger charge is 2.22. The minimum Gasteiger partial charge on any atom is -0.352 e. The number of rotatable bonds is 4. The van der Waals surface area contributed by atoms with Crippen LogP contribution in [0.25, 0.3) is 0 Å². The number of nitrogens with zero attached hydrogens (tertiary/aromatic N) is 1. The summed E-state index contributed by atoms with van der Waals surface area (Å²) >= 11 is 1.50. The largest absolute Gasteiger partial charge is 0.352 e. The van der Waals surface area contributed by atoms with Crippen molar-refractivity contribution >= 4 is 17.7 Å². The van der Waals surface area contributed by atoms with Gasteiger partial charge in [0.15, 0.2) is 0 Å². The van der Waals surface area contributed by atoms with E-state index in [1.165, 1.54) is 31.0 Å². The molecule has 2 rings (SSSR count). The molecule has 18 heavy (non-hydrogen) atoms. The molecular weight excluding hydrogens is 244 g/mol. The second-order valence-electron chi connectivity index (χ2n) is 4.89. The van der Waals surface area contributed by atoms with Crippen molar-refractivity contribution < 1.29 is 4.79 Å². The zero-order chi connectivity index (χ0) is 12.8. The molecule has 0 spiro atoms. The van der Waals surface area contributed by atoms with E-state index < -0.39 is 0 Å². The zero-order valence-corrected chi connectivity index (χ0v) is 11.6. The molecule has 1 fully saturated rings. The Bertz CT molecular complexity index is 383. The summed E-state index contributed by atoms with van der Waals surface area (Å²) in [5.41, 5.74) is 0. The lowest BCUT2D eigenvalue weighted by molar-refractivity contribution is -0.119. The van der Waals surface area contributed by atoms with Crippen molar-refractivity contribution in [2.24, 2.45) is 5.92 Å². The van der Waals surface area contributed by atoms with E-state index in [-0.39, 0.29) is 5.91 Å². The van der Waals surface area contributed by atoms with E-state index in [4.69, 9.17) is 0 Å². The Morgan fingerprint density at radius 1 is 1.44 bits per heavy atom. The molecule has 0 saturated heterocycles. The lowest BCUT2D eigenvalue weighted by Gasteiger charge is -2.29. The van der Waals surface area contributed by atoms with Gasteiger partial charge in [-0.25, -0.2) is 4.98 Å². The molecule has 1 saturated carbocycles. The Morgan fingerprint density at radius 3 is 3.00 bits per heavy atom. The molecule has 2 atom stereocenters. The maximum absolute atomic E-state index is 11.9. The first-order chi connectivity index (χ1) is 8.75. The third kappa shape index (κ3) is 4.02. The van der Waals surface area contributed by atoms with Crippen molar-refractivity contribution in [3.63, 3.8) is 0 Å². The van der Waals surface area contributed by atoms with Gasteiger partial charge in [-0.1, -0.05) is 37.6 Å². The fraction of sp³-hybridized carbons (Fsp3) is 0.571. The topological polar surface area (TPSA) is 42.0 Å². The summed E-state index contributed by atoms with van der Waals surface area (Å²) in [6.45, 7) is 2.23. The van der Waals surface area contributed by atoms with Gasteiger partial charge in [-0.3, -0.25) is 4.79 Å². The number of hydrogen-bond acceptors (Lipinski definition) is 3. The first kappa shape index (κ1) is 13.4. The molecule has 1 aromatic heterocycles. The third-order valence-electron chi connectivity index (χ3n) is 3.45. The molecule has 1 N–H and O–H groups in total. The van der Waals surface area contributed by atoms with Crippen LogP contribution in [0.4, 0.5) is 0 Å². The van der Waals surface area contributed by atoms with Crippen LogP contribution in [0.1, 0.15) is 32.6 Å². The fourth-order valence-corrected chi connectivity index (χ4v) is 3.02. The van der Waals surface area contributed by atoms with E-state index >= 15 is 0 Å². The van der Waals surface area contributed by atoms with Crippen LogP contribution in [-0.4, -0.2) is 22.7 Å². The quantitative estimate of drug-likeness (QED) is 0.850. The molecule has 1 aromatic rings. The highest BCUT2D eigenvalue weighted by atomic mass is 32.2. The molecule has 1 aliphatic rings. The number of hydrogen-bond donors (Lipinski definition) is 1. The Labute approximate surface area is 113 Å². The van der Waals surface area contributed by atoms with Crippen molar-refractivity contribution in [3.05, 3.63) is 24.4 Å². The summed E-state index contributed by atoms with van der Waals surface area (Å²) in [6.07, 6.45) is 6.65. The Morgan fingerprint density at radius 2 is 2.28 bits per heavy atom. The summed E-state index contributed by atoms with van der Waals surface area (Å²) in [4.78, 5) is 16.1. The third-order valence-corrected chi connectivity index (χ3v) is 4.39. The zero-order valence-electron chi connectivity index (χ0n) is 10.8. The molecule has 1 heterocycles. The Hall–Kier alpha value is -1.03. The predicted molar refractivity (Wildman–Crippen MR) is 74.5 cm³/mol.